The van der Waals surface area contributed by atoms with Gasteiger partial charge >= 0.3 is 0 Å². The third-order valence-electron chi connectivity index (χ3n) is 4.15. The standard InChI is InChI=1S/C22H24N2O/c1-14(2)23-22-13-17(18-8-6-5-7-16(18)4)12-20(24-22)19-11-15(3)9-10-21(19)25/h5-14,25H,1-4H3,(H,23,24). The number of hydrogen-bond donors (Lipinski definition) is 2. The fourth-order valence-corrected chi connectivity index (χ4v) is 2.95. The quantitative estimate of drug-likeness (QED) is 0.657. The Kier molecular flexibility index (Phi) is 4.75. The number of nitrogens with zero attached hydrogens (tertiary/aromatic N) is 1. The molecule has 1 heterocycles. The number of nitrogens with one attached hydrogen (secondary N) is 1. The molecule has 3 rings (SSSR count). The second-order valence-electron chi connectivity index (χ2n) is 6.76. The predicted molar refractivity (Wildman–Crippen MR) is 105 cm³/mol. The van der Waals surface area contributed by atoms with Crippen molar-refractivity contribution in [1.82, 2.24) is 4.98 Å². The van der Waals surface area contributed by atoms with Gasteiger partial charge in [-0.3, -0.25) is 0 Å². The van der Waals surface area contributed by atoms with E-state index in [2.05, 4.69) is 44.3 Å². The Balaban J connectivity index is 2.20. The Morgan fingerprint density at radius 1 is 0.920 bits per heavy atom. The highest BCUT2D eigenvalue weighted by Gasteiger charge is 2.12. The lowest BCUT2D eigenvalue weighted by atomic mass is 9.98. The zero-order chi connectivity index (χ0) is 18.0. The largest absolute Gasteiger partial charge is 0.507 e. The number of aromatic nitrogens is 1. The number of phenolic OH excluding ortho intramolecular Hbond substituents is 1. The Labute approximate surface area is 149 Å². The molecule has 2 N–H and O–H groups in total. The molecule has 25 heavy (non-hydrogen) atoms. The molecule has 0 atom stereocenters. The molecule has 0 aliphatic carbocycles. The summed E-state index contributed by atoms with van der Waals surface area (Å²) in [6.07, 6.45) is 0. The fraction of sp³-hybridized carbons (Fsp3) is 0.227. The summed E-state index contributed by atoms with van der Waals surface area (Å²) >= 11 is 0. The molecule has 0 bridgehead atoms. The summed E-state index contributed by atoms with van der Waals surface area (Å²) in [7, 11) is 0. The van der Waals surface area contributed by atoms with Crippen LogP contribution in [0.4, 0.5) is 5.82 Å². The molecule has 0 unspecified atom stereocenters. The van der Waals surface area contributed by atoms with E-state index in [0.29, 0.717) is 0 Å². The van der Waals surface area contributed by atoms with Gasteiger partial charge in [0.25, 0.3) is 0 Å². The number of rotatable bonds is 4. The number of aryl methyl sites for hydroxylation is 2. The first kappa shape index (κ1) is 17.0. The number of pyridine rings is 1. The third-order valence-corrected chi connectivity index (χ3v) is 4.15. The number of benzene rings is 2. The third kappa shape index (κ3) is 3.82. The van der Waals surface area contributed by atoms with Crippen LogP contribution in [0, 0.1) is 13.8 Å². The van der Waals surface area contributed by atoms with Gasteiger partial charge in [-0.05, 0) is 68.7 Å². The lowest BCUT2D eigenvalue weighted by molar-refractivity contribution is 0.477. The molecule has 0 spiro atoms. The fourth-order valence-electron chi connectivity index (χ4n) is 2.95. The Bertz CT molecular complexity index is 900. The van der Waals surface area contributed by atoms with Crippen LogP contribution in [0.2, 0.25) is 0 Å². The summed E-state index contributed by atoms with van der Waals surface area (Å²) in [6, 6.07) is 18.3. The van der Waals surface area contributed by atoms with E-state index >= 15 is 0 Å². The van der Waals surface area contributed by atoms with E-state index < -0.39 is 0 Å². The first-order valence-electron chi connectivity index (χ1n) is 8.58. The molecule has 128 valence electrons. The average Bonchev–Trinajstić information content (AvgIpc) is 2.56. The van der Waals surface area contributed by atoms with E-state index in [1.807, 2.05) is 37.3 Å². The smallest absolute Gasteiger partial charge is 0.127 e. The van der Waals surface area contributed by atoms with Gasteiger partial charge in [0.05, 0.1) is 5.69 Å². The maximum atomic E-state index is 10.3. The van der Waals surface area contributed by atoms with Gasteiger partial charge in [-0.15, -0.1) is 0 Å². The molecular formula is C22H24N2O. The van der Waals surface area contributed by atoms with E-state index in [-0.39, 0.29) is 11.8 Å². The van der Waals surface area contributed by atoms with Crippen LogP contribution in [0.25, 0.3) is 22.4 Å². The van der Waals surface area contributed by atoms with Gasteiger partial charge in [-0.2, -0.15) is 0 Å². The van der Waals surface area contributed by atoms with E-state index in [9.17, 15) is 5.11 Å². The van der Waals surface area contributed by atoms with Crippen molar-refractivity contribution in [2.75, 3.05) is 5.32 Å². The molecule has 0 aliphatic heterocycles. The van der Waals surface area contributed by atoms with E-state index in [1.54, 1.807) is 6.07 Å². The Morgan fingerprint density at radius 3 is 2.40 bits per heavy atom. The van der Waals surface area contributed by atoms with Crippen molar-refractivity contribution < 1.29 is 5.11 Å². The van der Waals surface area contributed by atoms with Crippen molar-refractivity contribution in [2.45, 2.75) is 33.7 Å². The maximum Gasteiger partial charge on any atom is 0.127 e. The molecule has 0 saturated heterocycles. The molecule has 0 fully saturated rings. The SMILES string of the molecule is Cc1ccc(O)c(-c2cc(-c3ccccc3C)cc(NC(C)C)n2)c1. The summed E-state index contributed by atoms with van der Waals surface area (Å²) in [5, 5.41) is 13.7. The van der Waals surface area contributed by atoms with Crippen molar-refractivity contribution in [3.63, 3.8) is 0 Å². The van der Waals surface area contributed by atoms with Crippen LogP contribution in [0.5, 0.6) is 5.75 Å². The lowest BCUT2D eigenvalue weighted by Crippen LogP contribution is -2.11. The van der Waals surface area contributed by atoms with Crippen LogP contribution >= 0.6 is 0 Å². The van der Waals surface area contributed by atoms with Crippen molar-refractivity contribution in [1.29, 1.82) is 0 Å². The van der Waals surface area contributed by atoms with Crippen LogP contribution < -0.4 is 5.32 Å². The predicted octanol–water partition coefficient (Wildman–Crippen LogP) is 5.56. The minimum atomic E-state index is 0.246. The van der Waals surface area contributed by atoms with E-state index in [4.69, 9.17) is 4.98 Å². The van der Waals surface area contributed by atoms with E-state index in [0.717, 1.165) is 28.2 Å². The van der Waals surface area contributed by atoms with Gasteiger partial charge in [0.1, 0.15) is 11.6 Å². The van der Waals surface area contributed by atoms with E-state index in [1.165, 1.54) is 11.1 Å². The molecule has 0 aliphatic rings. The summed E-state index contributed by atoms with van der Waals surface area (Å²) < 4.78 is 0. The normalized spacial score (nSPS) is 10.9. The molecule has 3 aromatic rings. The van der Waals surface area contributed by atoms with Gasteiger partial charge in [-0.25, -0.2) is 4.98 Å². The van der Waals surface area contributed by atoms with Gasteiger partial charge in [-0.1, -0.05) is 35.9 Å². The second-order valence-corrected chi connectivity index (χ2v) is 6.76. The Hall–Kier alpha value is -2.81. The topological polar surface area (TPSA) is 45.1 Å². The molecule has 3 nitrogen and oxygen atoms in total. The molecule has 0 amide bonds. The van der Waals surface area contributed by atoms with Crippen molar-refractivity contribution in [2.24, 2.45) is 0 Å². The van der Waals surface area contributed by atoms with Crippen LogP contribution in [0.1, 0.15) is 25.0 Å². The van der Waals surface area contributed by atoms with Crippen LogP contribution in [0.15, 0.2) is 54.6 Å². The maximum absolute atomic E-state index is 10.3. The van der Waals surface area contributed by atoms with Gasteiger partial charge < -0.3 is 10.4 Å². The molecule has 1 aromatic heterocycles. The summed E-state index contributed by atoms with van der Waals surface area (Å²) in [5.41, 5.74) is 6.09. The summed E-state index contributed by atoms with van der Waals surface area (Å²) in [5.74, 6) is 1.06. The first-order chi connectivity index (χ1) is 11.9. The highest BCUT2D eigenvalue weighted by molar-refractivity contribution is 5.77. The zero-order valence-corrected chi connectivity index (χ0v) is 15.2. The summed E-state index contributed by atoms with van der Waals surface area (Å²) in [6.45, 7) is 8.30. The second kappa shape index (κ2) is 6.98. The van der Waals surface area contributed by atoms with Gasteiger partial charge in [0, 0.05) is 11.6 Å². The number of aromatic hydroxyl groups is 1. The van der Waals surface area contributed by atoms with Crippen molar-refractivity contribution in [3.05, 3.63) is 65.7 Å². The van der Waals surface area contributed by atoms with Gasteiger partial charge in [0.2, 0.25) is 0 Å². The number of hydrogen-bond acceptors (Lipinski definition) is 3. The lowest BCUT2D eigenvalue weighted by Gasteiger charge is -2.15. The molecule has 3 heteroatoms. The number of phenols is 1. The monoisotopic (exact) mass is 332 g/mol. The highest BCUT2D eigenvalue weighted by Crippen LogP contribution is 2.34. The zero-order valence-electron chi connectivity index (χ0n) is 15.2. The first-order valence-corrected chi connectivity index (χ1v) is 8.58. The van der Waals surface area contributed by atoms with Crippen molar-refractivity contribution >= 4 is 5.82 Å². The minimum Gasteiger partial charge on any atom is -0.507 e. The summed E-state index contributed by atoms with van der Waals surface area (Å²) in [4.78, 5) is 4.73. The molecule has 0 radical (unpaired) electrons. The molecule has 2 aromatic carbocycles. The van der Waals surface area contributed by atoms with Gasteiger partial charge in [0.15, 0.2) is 0 Å². The van der Waals surface area contributed by atoms with Crippen LogP contribution in [0.3, 0.4) is 0 Å². The molecular weight excluding hydrogens is 308 g/mol. The number of anilines is 1. The Morgan fingerprint density at radius 2 is 1.68 bits per heavy atom. The van der Waals surface area contributed by atoms with Crippen LogP contribution in [-0.2, 0) is 0 Å². The van der Waals surface area contributed by atoms with Crippen LogP contribution in [-0.4, -0.2) is 16.1 Å². The molecule has 0 saturated carbocycles. The average molecular weight is 332 g/mol. The minimum absolute atomic E-state index is 0.246. The van der Waals surface area contributed by atoms with Crippen molar-refractivity contribution in [3.8, 4) is 28.1 Å². The highest BCUT2D eigenvalue weighted by atomic mass is 16.3.